The van der Waals surface area contributed by atoms with Crippen LogP contribution in [-0.4, -0.2) is 14.7 Å². The average molecular weight is 224 g/mol. The molecule has 13 heavy (non-hydrogen) atoms. The van der Waals surface area contributed by atoms with Crippen LogP contribution in [0.15, 0.2) is 18.2 Å². The molecule has 0 radical (unpaired) electrons. The highest BCUT2D eigenvalue weighted by Gasteiger charge is 2.09. The Kier molecular flexibility index (Phi) is 2.77. The maximum atomic E-state index is 13.1. The number of halogens is 2. The van der Waals surface area contributed by atoms with Gasteiger partial charge < -0.3 is 0 Å². The van der Waals surface area contributed by atoms with Gasteiger partial charge in [0.25, 0.3) is 0 Å². The first-order valence-corrected chi connectivity index (χ1v) is 5.59. The fourth-order valence-corrected chi connectivity index (χ4v) is 1.51. The first-order valence-electron chi connectivity index (χ1n) is 3.32. The first kappa shape index (κ1) is 10.3. The summed E-state index contributed by atoms with van der Waals surface area (Å²) in [4.78, 5) is 0. The summed E-state index contributed by atoms with van der Waals surface area (Å²) < 4.78 is 36.6. The molecule has 1 aromatic rings. The number of sulfonamides is 1. The Bertz CT molecular complexity index is 419. The summed E-state index contributed by atoms with van der Waals surface area (Å²) in [5, 5.41) is -0.117. The van der Waals surface area contributed by atoms with Gasteiger partial charge in [-0.3, -0.25) is 4.72 Å². The number of hydrogen-bond acceptors (Lipinski definition) is 2. The van der Waals surface area contributed by atoms with E-state index in [9.17, 15) is 12.8 Å². The summed E-state index contributed by atoms with van der Waals surface area (Å²) >= 11 is 5.43. The number of anilines is 1. The summed E-state index contributed by atoms with van der Waals surface area (Å²) in [5.74, 6) is -0.769. The lowest BCUT2D eigenvalue weighted by atomic mass is 10.3. The maximum absolute atomic E-state index is 13.1. The molecule has 0 aliphatic carbocycles. The highest BCUT2D eigenvalue weighted by Crippen LogP contribution is 2.22. The second-order valence-electron chi connectivity index (χ2n) is 2.48. The topological polar surface area (TPSA) is 46.2 Å². The van der Waals surface area contributed by atoms with E-state index in [2.05, 4.69) is 0 Å². The van der Waals surface area contributed by atoms with Crippen LogP contribution in [0.25, 0.3) is 0 Å². The zero-order valence-electron chi connectivity index (χ0n) is 6.71. The highest BCUT2D eigenvalue weighted by atomic mass is 35.5. The van der Waals surface area contributed by atoms with Crippen molar-refractivity contribution in [1.29, 1.82) is 0 Å². The molecular weight excluding hydrogens is 217 g/mol. The lowest BCUT2D eigenvalue weighted by molar-refractivity contribution is 0.604. The van der Waals surface area contributed by atoms with E-state index in [-0.39, 0.29) is 10.7 Å². The van der Waals surface area contributed by atoms with Gasteiger partial charge in [-0.15, -0.1) is 0 Å². The van der Waals surface area contributed by atoms with Crippen molar-refractivity contribution in [2.75, 3.05) is 11.0 Å². The predicted octanol–water partition coefficient (Wildman–Crippen LogP) is 1.85. The molecule has 0 atom stereocenters. The predicted molar refractivity (Wildman–Crippen MR) is 49.9 cm³/mol. The molecule has 0 saturated heterocycles. The smallest absolute Gasteiger partial charge is 0.229 e. The third kappa shape index (κ3) is 2.86. The minimum Gasteiger partial charge on any atom is -0.281 e. The van der Waals surface area contributed by atoms with Crippen molar-refractivity contribution in [3.8, 4) is 0 Å². The normalized spacial score (nSPS) is 11.3. The minimum absolute atomic E-state index is 0.117. The molecule has 3 nitrogen and oxygen atoms in total. The molecule has 0 aliphatic heterocycles. The molecule has 0 fully saturated rings. The van der Waals surface area contributed by atoms with Crippen molar-refractivity contribution >= 4 is 27.3 Å². The Morgan fingerprint density at radius 2 is 2.08 bits per heavy atom. The van der Waals surface area contributed by atoms with Gasteiger partial charge in [0, 0.05) is 0 Å². The Labute approximate surface area is 80.6 Å². The molecule has 0 amide bonds. The van der Waals surface area contributed by atoms with Crippen LogP contribution in [0.3, 0.4) is 0 Å². The van der Waals surface area contributed by atoms with E-state index in [1.807, 2.05) is 4.72 Å². The van der Waals surface area contributed by atoms with Gasteiger partial charge in [0.2, 0.25) is 10.0 Å². The lowest BCUT2D eigenvalue weighted by Crippen LogP contribution is -2.10. The molecule has 0 heterocycles. The number of benzene rings is 1. The van der Waals surface area contributed by atoms with Crippen LogP contribution < -0.4 is 4.72 Å². The molecule has 72 valence electrons. The van der Waals surface area contributed by atoms with E-state index in [1.165, 1.54) is 18.2 Å². The van der Waals surface area contributed by atoms with Crippen molar-refractivity contribution in [1.82, 2.24) is 0 Å². The van der Waals surface area contributed by atoms with Gasteiger partial charge in [-0.05, 0) is 12.1 Å². The monoisotopic (exact) mass is 223 g/mol. The van der Waals surface area contributed by atoms with Crippen LogP contribution in [0.2, 0.25) is 5.02 Å². The van der Waals surface area contributed by atoms with Crippen molar-refractivity contribution in [2.45, 2.75) is 0 Å². The Balaban J connectivity index is 3.10. The number of nitrogens with one attached hydrogen (secondary N) is 1. The molecule has 1 N–H and O–H groups in total. The van der Waals surface area contributed by atoms with E-state index < -0.39 is 15.8 Å². The first-order chi connectivity index (χ1) is 5.90. The molecule has 0 aliphatic rings. The molecule has 6 heteroatoms. The van der Waals surface area contributed by atoms with E-state index in [1.54, 1.807) is 0 Å². The van der Waals surface area contributed by atoms with Crippen molar-refractivity contribution in [3.05, 3.63) is 29.0 Å². The maximum Gasteiger partial charge on any atom is 0.229 e. The van der Waals surface area contributed by atoms with Gasteiger partial charge in [0.15, 0.2) is 5.82 Å². The second kappa shape index (κ2) is 3.51. The van der Waals surface area contributed by atoms with Gasteiger partial charge >= 0.3 is 0 Å². The van der Waals surface area contributed by atoms with Crippen molar-refractivity contribution in [2.24, 2.45) is 0 Å². The minimum atomic E-state index is -3.47. The zero-order valence-corrected chi connectivity index (χ0v) is 8.29. The lowest BCUT2D eigenvalue weighted by Gasteiger charge is -2.05. The molecule has 0 saturated carbocycles. The van der Waals surface area contributed by atoms with Crippen LogP contribution in [0, 0.1) is 5.82 Å². The SMILES string of the molecule is CS(=O)(=O)Nc1cccc(Cl)c1F. The summed E-state index contributed by atoms with van der Waals surface area (Å²) in [6.07, 6.45) is 0.938. The van der Waals surface area contributed by atoms with E-state index >= 15 is 0 Å². The summed E-state index contributed by atoms with van der Waals surface area (Å²) in [6.45, 7) is 0. The summed E-state index contributed by atoms with van der Waals surface area (Å²) in [7, 11) is -3.47. The molecule has 0 unspecified atom stereocenters. The molecule has 0 aromatic heterocycles. The van der Waals surface area contributed by atoms with Gasteiger partial charge in [-0.2, -0.15) is 0 Å². The fraction of sp³-hybridized carbons (Fsp3) is 0.143. The highest BCUT2D eigenvalue weighted by molar-refractivity contribution is 7.92. The quantitative estimate of drug-likeness (QED) is 0.832. The molecule has 0 spiro atoms. The Morgan fingerprint density at radius 3 is 2.62 bits per heavy atom. The van der Waals surface area contributed by atoms with Crippen molar-refractivity contribution < 1.29 is 12.8 Å². The zero-order chi connectivity index (χ0) is 10.1. The average Bonchev–Trinajstić information content (AvgIpc) is 1.96. The van der Waals surface area contributed by atoms with Gasteiger partial charge in [0.05, 0.1) is 17.0 Å². The third-order valence-electron chi connectivity index (χ3n) is 1.25. The van der Waals surface area contributed by atoms with E-state index in [0.717, 1.165) is 6.26 Å². The number of hydrogen-bond donors (Lipinski definition) is 1. The van der Waals surface area contributed by atoms with E-state index in [4.69, 9.17) is 11.6 Å². The van der Waals surface area contributed by atoms with Crippen LogP contribution in [-0.2, 0) is 10.0 Å². The third-order valence-corrected chi connectivity index (χ3v) is 2.13. The molecule has 0 bridgehead atoms. The Hall–Kier alpha value is -0.810. The second-order valence-corrected chi connectivity index (χ2v) is 4.63. The van der Waals surface area contributed by atoms with Crippen LogP contribution in [0.1, 0.15) is 0 Å². The largest absolute Gasteiger partial charge is 0.281 e. The van der Waals surface area contributed by atoms with Gasteiger partial charge in [0.1, 0.15) is 0 Å². The number of rotatable bonds is 2. The molecule has 1 aromatic carbocycles. The van der Waals surface area contributed by atoms with Crippen LogP contribution >= 0.6 is 11.6 Å². The summed E-state index contributed by atoms with van der Waals surface area (Å²) in [5.41, 5.74) is -0.144. The van der Waals surface area contributed by atoms with Crippen molar-refractivity contribution in [3.63, 3.8) is 0 Å². The van der Waals surface area contributed by atoms with Gasteiger partial charge in [-0.25, -0.2) is 12.8 Å². The van der Waals surface area contributed by atoms with Gasteiger partial charge in [-0.1, -0.05) is 17.7 Å². The van der Waals surface area contributed by atoms with Crippen LogP contribution in [0.5, 0.6) is 0 Å². The molecular formula is C7H7ClFNO2S. The summed E-state index contributed by atoms with van der Waals surface area (Å²) in [6, 6.07) is 4.09. The fourth-order valence-electron chi connectivity index (χ4n) is 0.782. The Morgan fingerprint density at radius 1 is 1.46 bits per heavy atom. The standard InChI is InChI=1S/C7H7ClFNO2S/c1-13(11,12)10-6-4-2-3-5(8)7(6)9/h2-4,10H,1H3. The van der Waals surface area contributed by atoms with E-state index in [0.29, 0.717) is 0 Å². The molecule has 1 rings (SSSR count). The van der Waals surface area contributed by atoms with Crippen LogP contribution in [0.4, 0.5) is 10.1 Å².